The maximum atomic E-state index is 10.8. The number of phenols is 2. The Bertz CT molecular complexity index is 1070. The summed E-state index contributed by atoms with van der Waals surface area (Å²) >= 11 is 0. The molecule has 0 aliphatic rings. The molecule has 0 aliphatic heterocycles. The Labute approximate surface area is 162 Å². The van der Waals surface area contributed by atoms with E-state index >= 15 is 0 Å². The zero-order valence-electron chi connectivity index (χ0n) is 14.9. The van der Waals surface area contributed by atoms with Crippen LogP contribution in [-0.4, -0.2) is 25.2 Å². The Hall–Kier alpha value is -3.93. The van der Waals surface area contributed by atoms with Crippen LogP contribution < -0.4 is 5.73 Å². The first kappa shape index (κ1) is 17.5. The number of hydrogen-bond acceptors (Lipinski definition) is 6. The SMILES string of the molecule is Nc1ncnc(C(c2ccccc2)(c2ccccc2O)c2ccccc2O)n1. The molecular formula is C22H18N4O2. The Kier molecular flexibility index (Phi) is 4.37. The second kappa shape index (κ2) is 7.00. The normalized spacial score (nSPS) is 11.3. The van der Waals surface area contributed by atoms with Gasteiger partial charge in [0.15, 0.2) is 5.82 Å². The molecule has 6 nitrogen and oxygen atoms in total. The molecule has 0 radical (unpaired) electrons. The summed E-state index contributed by atoms with van der Waals surface area (Å²) in [5.74, 6) is 0.451. The van der Waals surface area contributed by atoms with E-state index in [9.17, 15) is 10.2 Å². The summed E-state index contributed by atoms with van der Waals surface area (Å²) in [6.07, 6.45) is 1.33. The molecule has 0 saturated heterocycles. The van der Waals surface area contributed by atoms with Gasteiger partial charge in [0.25, 0.3) is 0 Å². The molecule has 0 fully saturated rings. The number of nitrogens with two attached hydrogens (primary N) is 1. The molecule has 0 unspecified atom stereocenters. The van der Waals surface area contributed by atoms with Crippen molar-refractivity contribution >= 4 is 5.95 Å². The van der Waals surface area contributed by atoms with Gasteiger partial charge in [-0.05, 0) is 17.7 Å². The Balaban J connectivity index is 2.22. The molecule has 0 aliphatic carbocycles. The predicted molar refractivity (Wildman–Crippen MR) is 106 cm³/mol. The summed E-state index contributed by atoms with van der Waals surface area (Å²) in [4.78, 5) is 12.7. The molecular weight excluding hydrogens is 352 g/mol. The summed E-state index contributed by atoms with van der Waals surface area (Å²) in [6.45, 7) is 0. The van der Waals surface area contributed by atoms with Crippen LogP contribution >= 0.6 is 0 Å². The average Bonchev–Trinajstić information content (AvgIpc) is 2.72. The van der Waals surface area contributed by atoms with E-state index < -0.39 is 5.41 Å². The third-order valence-corrected chi connectivity index (χ3v) is 4.75. The van der Waals surface area contributed by atoms with E-state index in [0.29, 0.717) is 17.0 Å². The van der Waals surface area contributed by atoms with Crippen molar-refractivity contribution in [2.24, 2.45) is 0 Å². The van der Waals surface area contributed by atoms with Crippen molar-refractivity contribution in [2.45, 2.75) is 5.41 Å². The molecule has 0 atom stereocenters. The fraction of sp³-hybridized carbons (Fsp3) is 0.0455. The quantitative estimate of drug-likeness (QED) is 0.476. The molecule has 4 rings (SSSR count). The van der Waals surface area contributed by atoms with Crippen LogP contribution in [0.4, 0.5) is 5.95 Å². The highest BCUT2D eigenvalue weighted by atomic mass is 16.3. The summed E-state index contributed by atoms with van der Waals surface area (Å²) < 4.78 is 0. The highest BCUT2D eigenvalue weighted by Crippen LogP contribution is 2.49. The van der Waals surface area contributed by atoms with E-state index in [1.54, 1.807) is 36.4 Å². The second-order valence-corrected chi connectivity index (χ2v) is 6.32. The molecule has 1 heterocycles. The molecule has 1 aromatic heterocycles. The monoisotopic (exact) mass is 370 g/mol. The van der Waals surface area contributed by atoms with Gasteiger partial charge in [-0.3, -0.25) is 0 Å². The van der Waals surface area contributed by atoms with Crippen LogP contribution in [-0.2, 0) is 5.41 Å². The van der Waals surface area contributed by atoms with Crippen molar-refractivity contribution in [2.75, 3.05) is 5.73 Å². The van der Waals surface area contributed by atoms with Crippen LogP contribution in [0.5, 0.6) is 11.5 Å². The first-order valence-electron chi connectivity index (χ1n) is 8.71. The van der Waals surface area contributed by atoms with Gasteiger partial charge in [-0.25, -0.2) is 9.97 Å². The lowest BCUT2D eigenvalue weighted by molar-refractivity contribution is 0.443. The van der Waals surface area contributed by atoms with E-state index in [4.69, 9.17) is 5.73 Å². The Morgan fingerprint density at radius 1 is 0.679 bits per heavy atom. The van der Waals surface area contributed by atoms with Gasteiger partial charge < -0.3 is 15.9 Å². The van der Waals surface area contributed by atoms with Crippen molar-refractivity contribution < 1.29 is 10.2 Å². The van der Waals surface area contributed by atoms with Gasteiger partial charge >= 0.3 is 0 Å². The number of aromatic hydroxyl groups is 2. The number of benzene rings is 3. The summed E-state index contributed by atoms with van der Waals surface area (Å²) in [5.41, 5.74) is 6.49. The molecule has 4 aromatic rings. The first-order chi connectivity index (χ1) is 13.6. The number of phenolic OH excluding ortho intramolecular Hbond substituents is 2. The maximum Gasteiger partial charge on any atom is 0.223 e. The van der Waals surface area contributed by atoms with Crippen LogP contribution in [0.2, 0.25) is 0 Å². The van der Waals surface area contributed by atoms with E-state index in [1.807, 2.05) is 42.5 Å². The number of nitrogens with zero attached hydrogens (tertiary/aromatic N) is 3. The van der Waals surface area contributed by atoms with Crippen LogP contribution in [0.3, 0.4) is 0 Å². The number of aromatic nitrogens is 3. The van der Waals surface area contributed by atoms with E-state index in [-0.39, 0.29) is 17.4 Å². The molecule has 4 N–H and O–H groups in total. The number of hydrogen-bond donors (Lipinski definition) is 3. The summed E-state index contributed by atoms with van der Waals surface area (Å²) in [7, 11) is 0. The highest BCUT2D eigenvalue weighted by molar-refractivity contribution is 5.63. The van der Waals surface area contributed by atoms with Gasteiger partial charge in [-0.1, -0.05) is 66.7 Å². The van der Waals surface area contributed by atoms with E-state index in [0.717, 1.165) is 5.56 Å². The van der Waals surface area contributed by atoms with Crippen molar-refractivity contribution in [3.63, 3.8) is 0 Å². The van der Waals surface area contributed by atoms with Crippen molar-refractivity contribution in [3.05, 3.63) is 108 Å². The maximum absolute atomic E-state index is 10.8. The third-order valence-electron chi connectivity index (χ3n) is 4.75. The molecule has 28 heavy (non-hydrogen) atoms. The largest absolute Gasteiger partial charge is 0.508 e. The standard InChI is InChI=1S/C22H18N4O2/c23-21-25-14-24-20(26-21)22(15-8-2-1-3-9-15,16-10-4-6-12-18(16)27)17-11-5-7-13-19(17)28/h1-14,27-28H,(H2,23,24,25,26). The molecule has 0 amide bonds. The van der Waals surface area contributed by atoms with Crippen molar-refractivity contribution in [1.29, 1.82) is 0 Å². The molecule has 0 spiro atoms. The fourth-order valence-electron chi connectivity index (χ4n) is 3.59. The van der Waals surface area contributed by atoms with Gasteiger partial charge in [-0.15, -0.1) is 0 Å². The van der Waals surface area contributed by atoms with Gasteiger partial charge in [0.2, 0.25) is 5.95 Å². The molecule has 138 valence electrons. The summed E-state index contributed by atoms with van der Waals surface area (Å²) in [6, 6.07) is 23.3. The summed E-state index contributed by atoms with van der Waals surface area (Å²) in [5, 5.41) is 21.6. The predicted octanol–water partition coefficient (Wildman–Crippen LogP) is 3.25. The van der Waals surface area contributed by atoms with Crippen LogP contribution in [0.15, 0.2) is 85.2 Å². The highest BCUT2D eigenvalue weighted by Gasteiger charge is 2.44. The fourth-order valence-corrected chi connectivity index (χ4v) is 3.59. The number of nitrogen functional groups attached to an aromatic ring is 1. The molecule has 0 saturated carbocycles. The zero-order chi connectivity index (χ0) is 19.6. The molecule has 6 heteroatoms. The zero-order valence-corrected chi connectivity index (χ0v) is 14.9. The van der Waals surface area contributed by atoms with Crippen molar-refractivity contribution in [1.82, 2.24) is 15.0 Å². The molecule has 3 aromatic carbocycles. The lowest BCUT2D eigenvalue weighted by atomic mass is 9.68. The average molecular weight is 370 g/mol. The van der Waals surface area contributed by atoms with Gasteiger partial charge in [0.1, 0.15) is 23.2 Å². The third kappa shape index (κ3) is 2.72. The van der Waals surface area contributed by atoms with Gasteiger partial charge in [0.05, 0.1) is 0 Å². The molecule has 0 bridgehead atoms. The van der Waals surface area contributed by atoms with E-state index in [2.05, 4.69) is 15.0 Å². The minimum Gasteiger partial charge on any atom is -0.508 e. The van der Waals surface area contributed by atoms with Gasteiger partial charge in [0, 0.05) is 11.1 Å². The first-order valence-corrected chi connectivity index (χ1v) is 8.71. The van der Waals surface area contributed by atoms with Crippen LogP contribution in [0, 0.1) is 0 Å². The lowest BCUT2D eigenvalue weighted by Crippen LogP contribution is -2.33. The Morgan fingerprint density at radius 2 is 1.21 bits per heavy atom. The van der Waals surface area contributed by atoms with Crippen LogP contribution in [0.1, 0.15) is 22.5 Å². The Morgan fingerprint density at radius 3 is 1.75 bits per heavy atom. The van der Waals surface area contributed by atoms with Gasteiger partial charge in [-0.2, -0.15) is 4.98 Å². The minimum absolute atomic E-state index is 0.0496. The number of anilines is 1. The van der Waals surface area contributed by atoms with E-state index in [1.165, 1.54) is 6.33 Å². The van der Waals surface area contributed by atoms with Crippen LogP contribution in [0.25, 0.3) is 0 Å². The number of para-hydroxylation sites is 2. The van der Waals surface area contributed by atoms with Crippen molar-refractivity contribution in [3.8, 4) is 11.5 Å². The lowest BCUT2D eigenvalue weighted by Gasteiger charge is -2.35. The smallest absolute Gasteiger partial charge is 0.223 e. The number of rotatable bonds is 4. The topological polar surface area (TPSA) is 105 Å². The minimum atomic E-state index is -1.20. The second-order valence-electron chi connectivity index (χ2n) is 6.32.